The first-order chi connectivity index (χ1) is 70.1. The first-order valence-corrected chi connectivity index (χ1v) is 50.6. The Bertz CT molecular complexity index is 6130. The molecule has 0 radical (unpaired) electrons. The largest absolute Gasteiger partial charge is 0.508 e. The van der Waals surface area contributed by atoms with Crippen LogP contribution in [0, 0.1) is 11.8 Å². The summed E-state index contributed by atoms with van der Waals surface area (Å²) in [5.74, 6) is -19.1. The molecule has 11 rings (SSSR count). The van der Waals surface area contributed by atoms with Crippen molar-refractivity contribution in [3.8, 4) is 5.75 Å². The van der Waals surface area contributed by atoms with Crippen LogP contribution in [0.2, 0.25) is 0 Å². The number of hydrogen-bond acceptors (Lipinski definition) is 26. The molecule has 17 amide bonds. The number of anilines is 1. The number of nitrogens with zero attached hydrogens (tertiary/aromatic N) is 8. The van der Waals surface area contributed by atoms with Crippen molar-refractivity contribution in [2.24, 2.45) is 29.0 Å². The molecule has 0 spiro atoms. The minimum absolute atomic E-state index is 0.00537. The third-order valence-electron chi connectivity index (χ3n) is 26.5. The highest BCUT2D eigenvalue weighted by molar-refractivity contribution is 8.00. The smallest absolute Gasteiger partial charge is 0.323 e. The number of phenolic OH excluding ortho intramolecular Hbond substituents is 1. The van der Waals surface area contributed by atoms with Crippen molar-refractivity contribution in [1.29, 1.82) is 0 Å². The molecular formula is C101H135N23O22S. The quantitative estimate of drug-likeness (QED) is 0.0319. The van der Waals surface area contributed by atoms with E-state index in [1.807, 2.05) is 13.8 Å². The number of nitrogens with two attached hydrogens (primary N) is 3. The van der Waals surface area contributed by atoms with Gasteiger partial charge in [-0.3, -0.25) is 86.3 Å². The SMILES string of the molecule is CCCC[C@H]1C(=O)N(C)[C@@H](CCCC)C(=O)N[C@@H](CC(C)C)C(=O)N[C@H](C(=O)NCC(N)=O)CSCC(=O)N[C@@H](Cc2ccc(O)cc2)C(=O)N(C)[C@@H](C)C(=O)N[C@@H](CC(N)=O)C(=O)N2CCC[C@H]2C(=O)N[C@@H](CNc2ncnc3c2oc2ccccc23)C(=O)N[C@@H](CC(C)C)C(=O)N2C[C@H](O)C[C@H]2C(=O)N[C@@H](Cc2c[nH]c3ccccc23)C(=O)N[C@@H](CCN)C(=O)N[C@@H](Cc2cn(CC(=O)O)c3ccccc23)C(=O)N1C. The van der Waals surface area contributed by atoms with Gasteiger partial charge in [0.05, 0.1) is 24.8 Å². The number of hydrogen-bond donors (Lipinski definition) is 18. The predicted octanol–water partition coefficient (Wildman–Crippen LogP) is 0.604. The standard InChI is InChI=1S/C101H135N23O22S/c1-11-13-26-76-94(138)112-67(38-54(3)4)91(135)118-74(89(133)107-47-82(104)128)51-147-52-83(129)110-70(40-57-31-33-60(125)34-32-57)97(141)119(8)56(7)88(132)114-72(44-81(103)127)99(143)123-37-21-29-77(123)95(139)117-73(46-106-87-86-85(108-53-109-87)64-24-17-20-30-80(64)146-86)93(137)115-69(39-55(5)6)100(144)124-49-61(126)43-79(124)96(140)113-68(41-58-45-105-65-25-18-15-22-62(58)65)92(136)111-66(35-36-102)90(134)116-71(98(142)121(10)78(27-14-12-2)101(145)120(76)9)42-59-48-122(50-84(130)131)75-28-19-16-23-63(59)75/h15-20,22-25,28,30-34,45,48,53-56,61,66-74,76-79,105,125-126H,11-14,21,26-27,29,35-44,46-47,49-52,102H2,1-10H3,(H2,103,127)(H2,104,128)(H,107,133)(H,110,129)(H,111,136)(H,112,138)(H,113,140)(H,114,132)(H,115,137)(H,116,134)(H,117,139)(H,118,135)(H,130,131)(H,106,108,109)/t56-,61+,66-,67-,68-,69-,70-,71-,72-,73-,74-,76-,77-,78-,79-/m0/s1. The molecule has 4 aromatic heterocycles. The molecule has 3 aliphatic heterocycles. The summed E-state index contributed by atoms with van der Waals surface area (Å²) in [4.78, 5) is 284. The number of para-hydroxylation sites is 3. The molecular weight excluding hydrogens is 1920 g/mol. The van der Waals surface area contributed by atoms with Gasteiger partial charge in [0, 0.05) is 112 Å². The number of aromatic nitrogens is 4. The van der Waals surface area contributed by atoms with Gasteiger partial charge in [-0.05, 0) is 123 Å². The van der Waals surface area contributed by atoms with Gasteiger partial charge in [0.25, 0.3) is 0 Å². The molecule has 0 aliphatic carbocycles. The number of aliphatic hydroxyl groups is 1. The van der Waals surface area contributed by atoms with Gasteiger partial charge in [0.2, 0.25) is 100 Å². The lowest BCUT2D eigenvalue weighted by Gasteiger charge is -2.36. The fraction of sp³-hybridized carbons (Fsp3) is 0.505. The van der Waals surface area contributed by atoms with Crippen LogP contribution in [-0.4, -0.2) is 322 Å². The lowest BCUT2D eigenvalue weighted by molar-refractivity contribution is -0.149. The summed E-state index contributed by atoms with van der Waals surface area (Å²) in [6, 6.07) is 4.28. The number of aliphatic hydroxyl groups excluding tert-OH is 1. The van der Waals surface area contributed by atoms with Gasteiger partial charge in [-0.15, -0.1) is 11.8 Å². The van der Waals surface area contributed by atoms with E-state index in [1.165, 1.54) is 69.4 Å². The number of furan rings is 1. The molecule has 21 N–H and O–H groups in total. The monoisotopic (exact) mass is 2050 g/mol. The zero-order chi connectivity index (χ0) is 107. The molecule has 147 heavy (non-hydrogen) atoms. The van der Waals surface area contributed by atoms with E-state index in [4.69, 9.17) is 21.6 Å². The normalized spacial score (nSPS) is 23.8. The van der Waals surface area contributed by atoms with Gasteiger partial charge in [-0.1, -0.05) is 128 Å². The Hall–Kier alpha value is -14.8. The maximum absolute atomic E-state index is 16.1. The number of primary amides is 2. The second-order valence-electron chi connectivity index (χ2n) is 38.5. The zero-order valence-corrected chi connectivity index (χ0v) is 84.9. The van der Waals surface area contributed by atoms with E-state index in [2.05, 4.69) is 73.4 Å². The Balaban J connectivity index is 0.982. The van der Waals surface area contributed by atoms with Gasteiger partial charge < -0.3 is 129 Å². The minimum atomic E-state index is -1.82. The molecule has 4 aromatic carbocycles. The fourth-order valence-corrected chi connectivity index (χ4v) is 19.5. The minimum Gasteiger partial charge on any atom is -0.508 e. The van der Waals surface area contributed by atoms with Crippen molar-refractivity contribution in [3.63, 3.8) is 0 Å². The Morgan fingerprint density at radius 2 is 1.14 bits per heavy atom. The maximum atomic E-state index is 16.1. The number of phenols is 1. The number of carbonyl (C=O) groups excluding carboxylic acids is 17. The van der Waals surface area contributed by atoms with Crippen molar-refractivity contribution in [2.75, 3.05) is 70.7 Å². The van der Waals surface area contributed by atoms with Crippen LogP contribution in [0.4, 0.5) is 5.82 Å². The summed E-state index contributed by atoms with van der Waals surface area (Å²) in [7, 11) is 3.92. The highest BCUT2D eigenvalue weighted by atomic mass is 32.2. The Kier molecular flexibility index (Phi) is 40.0. The second-order valence-corrected chi connectivity index (χ2v) is 39.5. The van der Waals surface area contributed by atoms with Crippen LogP contribution in [-0.2, 0) is 112 Å². The van der Waals surface area contributed by atoms with Crippen molar-refractivity contribution >= 4 is 168 Å². The van der Waals surface area contributed by atoms with Crippen LogP contribution in [0.5, 0.6) is 5.75 Å². The molecule has 0 unspecified atom stereocenters. The van der Waals surface area contributed by atoms with E-state index in [9.17, 15) is 48.9 Å². The van der Waals surface area contributed by atoms with Gasteiger partial charge in [0.1, 0.15) is 114 Å². The van der Waals surface area contributed by atoms with E-state index in [1.54, 1.807) is 107 Å². The number of thioether (sulfide) groups is 1. The molecule has 45 nitrogen and oxygen atoms in total. The van der Waals surface area contributed by atoms with E-state index in [0.717, 1.165) is 36.3 Å². The highest BCUT2D eigenvalue weighted by Gasteiger charge is 2.47. The number of unbranched alkanes of at least 4 members (excludes halogenated alkanes) is 2. The molecule has 8 aromatic rings. The number of fused-ring (bicyclic) bond motifs is 7. The third kappa shape index (κ3) is 29.5. The maximum Gasteiger partial charge on any atom is 0.323 e. The highest BCUT2D eigenvalue weighted by Crippen LogP contribution is 2.33. The van der Waals surface area contributed by atoms with Crippen LogP contribution in [0.25, 0.3) is 43.9 Å². The number of likely N-dealkylation sites (N-methyl/N-ethyl adjacent to an activating group) is 3. The second kappa shape index (κ2) is 52.3. The van der Waals surface area contributed by atoms with Crippen molar-refractivity contribution in [2.45, 2.75) is 248 Å². The number of benzene rings is 4. The fourth-order valence-electron chi connectivity index (χ4n) is 18.6. The average Bonchev–Trinajstić information content (AvgIpc) is 1.63. The van der Waals surface area contributed by atoms with Crippen LogP contribution in [0.1, 0.15) is 149 Å². The molecule has 15 atom stereocenters. The summed E-state index contributed by atoms with van der Waals surface area (Å²) in [6.45, 7) is 9.23. The number of amides is 17. The van der Waals surface area contributed by atoms with Gasteiger partial charge in [-0.25, -0.2) is 9.97 Å². The topological polar surface area (TPSA) is 654 Å². The molecule has 792 valence electrons. The van der Waals surface area contributed by atoms with Crippen LogP contribution < -0.4 is 75.7 Å². The number of aromatic amines is 1. The van der Waals surface area contributed by atoms with Gasteiger partial charge in [-0.2, -0.15) is 0 Å². The first-order valence-electron chi connectivity index (χ1n) is 49.5. The third-order valence-corrected chi connectivity index (χ3v) is 27.5. The van der Waals surface area contributed by atoms with Crippen LogP contribution in [0.15, 0.2) is 120 Å². The van der Waals surface area contributed by atoms with E-state index < -0.39 is 254 Å². The Labute approximate surface area is 853 Å². The van der Waals surface area contributed by atoms with Crippen LogP contribution in [0.3, 0.4) is 0 Å². The molecule has 3 saturated heterocycles. The first kappa shape index (κ1) is 113. The zero-order valence-electron chi connectivity index (χ0n) is 84.1. The Morgan fingerprint density at radius 1 is 0.565 bits per heavy atom. The van der Waals surface area contributed by atoms with Crippen molar-refractivity contribution in [3.05, 3.63) is 132 Å². The van der Waals surface area contributed by atoms with Gasteiger partial charge in [0.15, 0.2) is 11.4 Å². The van der Waals surface area contributed by atoms with E-state index in [0.29, 0.717) is 80.7 Å². The summed E-state index contributed by atoms with van der Waals surface area (Å²) < 4.78 is 7.65. The molecule has 0 bridgehead atoms. The van der Waals surface area contributed by atoms with Crippen LogP contribution >= 0.6 is 11.8 Å². The number of aromatic hydroxyl groups is 1. The molecule has 46 heteroatoms. The molecule has 3 aliphatic rings. The lowest BCUT2D eigenvalue weighted by Crippen LogP contribution is -2.61. The average molecular weight is 2060 g/mol. The Morgan fingerprint density at radius 3 is 1.82 bits per heavy atom. The number of H-pyrrole nitrogens is 1. The van der Waals surface area contributed by atoms with Crippen molar-refractivity contribution < 1.29 is 106 Å². The molecule has 3 fully saturated rings. The number of nitrogens with one attached hydrogen (secondary N) is 12. The molecule has 0 saturated carbocycles. The van der Waals surface area contributed by atoms with Crippen molar-refractivity contribution in [1.82, 2.24) is 97.2 Å². The molecule has 7 heterocycles. The van der Waals surface area contributed by atoms with Gasteiger partial charge >= 0.3 is 5.97 Å². The summed E-state index contributed by atoms with van der Waals surface area (Å²) in [6.07, 6.45) is 1.83. The number of carbonyl (C=O) groups is 18. The number of rotatable bonds is 28. The number of aliphatic carboxylic acids is 1. The number of carboxylic acid groups (broad SMARTS) is 1. The lowest BCUT2D eigenvalue weighted by atomic mass is 9.99. The van der Waals surface area contributed by atoms with E-state index in [-0.39, 0.29) is 100 Å². The van der Waals surface area contributed by atoms with E-state index >= 15 is 52.7 Å². The summed E-state index contributed by atoms with van der Waals surface area (Å²) >= 11 is 0.781. The number of carboxylic acids is 1. The summed E-state index contributed by atoms with van der Waals surface area (Å²) in [5.41, 5.74) is 20.8. The predicted molar refractivity (Wildman–Crippen MR) is 543 cm³/mol. The summed E-state index contributed by atoms with van der Waals surface area (Å²) in [5, 5.41) is 63.9.